The maximum Gasteiger partial charge on any atom is 0.238 e. The topological polar surface area (TPSA) is 49.4 Å². The molecule has 3 rings (SSSR count). The van der Waals surface area contributed by atoms with Crippen molar-refractivity contribution >= 4 is 35.0 Å². The Morgan fingerprint density at radius 2 is 1.86 bits per heavy atom. The number of unbranched alkanes of at least 4 members (excludes halogenated alkanes) is 2. The summed E-state index contributed by atoms with van der Waals surface area (Å²) in [7, 11) is 0. The fourth-order valence-electron chi connectivity index (χ4n) is 3.62. The van der Waals surface area contributed by atoms with Gasteiger partial charge in [0.15, 0.2) is 0 Å². The van der Waals surface area contributed by atoms with Crippen LogP contribution in [0.2, 0.25) is 0 Å². The van der Waals surface area contributed by atoms with E-state index in [1.807, 2.05) is 47.4 Å². The summed E-state index contributed by atoms with van der Waals surface area (Å²) < 4.78 is 0. The highest BCUT2D eigenvalue weighted by molar-refractivity contribution is 8.00. The van der Waals surface area contributed by atoms with Gasteiger partial charge in [-0.05, 0) is 41.7 Å². The van der Waals surface area contributed by atoms with Crippen molar-refractivity contribution in [1.29, 1.82) is 0 Å². The SMILES string of the molecule is CCCCCC(=O)Nc1ccc([C@@H]2SCC(=O)N2c2ccccc2C(C)C)cc1. The van der Waals surface area contributed by atoms with E-state index < -0.39 is 0 Å². The number of carbonyl (C=O) groups is 2. The summed E-state index contributed by atoms with van der Waals surface area (Å²) >= 11 is 1.65. The summed E-state index contributed by atoms with van der Waals surface area (Å²) in [6, 6.07) is 16.1. The summed E-state index contributed by atoms with van der Waals surface area (Å²) in [5, 5.41) is 2.92. The quantitative estimate of drug-likeness (QED) is 0.534. The van der Waals surface area contributed by atoms with Gasteiger partial charge in [0, 0.05) is 17.8 Å². The third kappa shape index (κ3) is 5.21. The van der Waals surface area contributed by atoms with Gasteiger partial charge in [0.05, 0.1) is 5.75 Å². The zero-order valence-electron chi connectivity index (χ0n) is 17.5. The number of para-hydroxylation sites is 1. The van der Waals surface area contributed by atoms with Crippen molar-refractivity contribution in [3.8, 4) is 0 Å². The lowest BCUT2D eigenvalue weighted by Crippen LogP contribution is -2.29. The number of benzene rings is 2. The van der Waals surface area contributed by atoms with Gasteiger partial charge in [-0.2, -0.15) is 0 Å². The lowest BCUT2D eigenvalue weighted by atomic mass is 10.00. The molecule has 1 saturated heterocycles. The highest BCUT2D eigenvalue weighted by Gasteiger charge is 2.35. The summed E-state index contributed by atoms with van der Waals surface area (Å²) in [6.45, 7) is 6.43. The molecule has 2 aromatic rings. The molecule has 1 aliphatic heterocycles. The van der Waals surface area contributed by atoms with Crippen molar-refractivity contribution in [2.45, 2.75) is 57.7 Å². The van der Waals surface area contributed by atoms with E-state index in [2.05, 4.69) is 32.2 Å². The summed E-state index contributed by atoms with van der Waals surface area (Å²) in [4.78, 5) is 26.7. The molecule has 4 nitrogen and oxygen atoms in total. The number of rotatable bonds is 8. The van der Waals surface area contributed by atoms with Crippen LogP contribution < -0.4 is 10.2 Å². The lowest BCUT2D eigenvalue weighted by molar-refractivity contribution is -0.116. The number of nitrogens with one attached hydrogen (secondary N) is 1. The third-order valence-corrected chi connectivity index (χ3v) is 6.39. The van der Waals surface area contributed by atoms with Crippen LogP contribution in [0.15, 0.2) is 48.5 Å². The van der Waals surface area contributed by atoms with E-state index in [0.29, 0.717) is 18.1 Å². The standard InChI is InChI=1S/C24H30N2O2S/c1-4-5-6-11-22(27)25-19-14-12-18(13-15-19)24-26(23(28)16-29-24)21-10-8-7-9-20(21)17(2)3/h7-10,12-15,17,24H,4-6,11,16H2,1-3H3,(H,25,27)/t24-/m0/s1. The van der Waals surface area contributed by atoms with Gasteiger partial charge in [0.2, 0.25) is 11.8 Å². The Morgan fingerprint density at radius 3 is 2.55 bits per heavy atom. The molecule has 0 spiro atoms. The molecule has 0 bridgehead atoms. The molecule has 5 heteroatoms. The van der Waals surface area contributed by atoms with Gasteiger partial charge in [-0.15, -0.1) is 11.8 Å². The van der Waals surface area contributed by atoms with Crippen molar-refractivity contribution in [3.63, 3.8) is 0 Å². The molecule has 0 aliphatic carbocycles. The molecule has 2 amide bonds. The van der Waals surface area contributed by atoms with Crippen LogP contribution in [0.5, 0.6) is 0 Å². The molecule has 2 aromatic carbocycles. The maximum atomic E-state index is 12.7. The molecule has 0 radical (unpaired) electrons. The smallest absolute Gasteiger partial charge is 0.238 e. The first kappa shape index (κ1) is 21.4. The summed E-state index contributed by atoms with van der Waals surface area (Å²) in [5.74, 6) is 1.02. The number of hydrogen-bond acceptors (Lipinski definition) is 3. The molecule has 0 saturated carbocycles. The van der Waals surface area contributed by atoms with Crippen molar-refractivity contribution in [1.82, 2.24) is 0 Å². The van der Waals surface area contributed by atoms with E-state index in [4.69, 9.17) is 0 Å². The first-order chi connectivity index (χ1) is 14.0. The maximum absolute atomic E-state index is 12.7. The Hall–Kier alpha value is -2.27. The molecule has 0 aromatic heterocycles. The third-order valence-electron chi connectivity index (χ3n) is 5.17. The minimum absolute atomic E-state index is 0.0447. The van der Waals surface area contributed by atoms with Crippen LogP contribution in [-0.4, -0.2) is 17.6 Å². The minimum Gasteiger partial charge on any atom is -0.326 e. The number of anilines is 2. The average Bonchev–Trinajstić information content (AvgIpc) is 3.10. The van der Waals surface area contributed by atoms with Gasteiger partial charge in [-0.1, -0.05) is 63.9 Å². The summed E-state index contributed by atoms with van der Waals surface area (Å²) in [6.07, 6.45) is 3.66. The van der Waals surface area contributed by atoms with Crippen LogP contribution in [0, 0.1) is 0 Å². The van der Waals surface area contributed by atoms with E-state index >= 15 is 0 Å². The number of thioether (sulfide) groups is 1. The molecule has 0 unspecified atom stereocenters. The fraction of sp³-hybridized carbons (Fsp3) is 0.417. The van der Waals surface area contributed by atoms with Gasteiger partial charge < -0.3 is 5.32 Å². The van der Waals surface area contributed by atoms with Crippen molar-refractivity contribution in [3.05, 3.63) is 59.7 Å². The predicted molar refractivity (Wildman–Crippen MR) is 122 cm³/mol. The van der Waals surface area contributed by atoms with E-state index in [-0.39, 0.29) is 17.2 Å². The van der Waals surface area contributed by atoms with Gasteiger partial charge in [-0.3, -0.25) is 14.5 Å². The largest absolute Gasteiger partial charge is 0.326 e. The molecule has 1 N–H and O–H groups in total. The Bertz CT molecular complexity index is 848. The second-order valence-corrected chi connectivity index (χ2v) is 8.84. The van der Waals surface area contributed by atoms with Gasteiger partial charge in [0.1, 0.15) is 5.37 Å². The van der Waals surface area contributed by atoms with Crippen LogP contribution >= 0.6 is 11.8 Å². The second-order valence-electron chi connectivity index (χ2n) is 7.77. The number of hydrogen-bond donors (Lipinski definition) is 1. The minimum atomic E-state index is -0.0447. The molecular weight excluding hydrogens is 380 g/mol. The predicted octanol–water partition coefficient (Wildman–Crippen LogP) is 6.11. The summed E-state index contributed by atoms with van der Waals surface area (Å²) in [5.41, 5.74) is 4.06. The number of amides is 2. The molecular formula is C24H30N2O2S. The Labute approximate surface area is 178 Å². The monoisotopic (exact) mass is 410 g/mol. The fourth-order valence-corrected chi connectivity index (χ4v) is 4.79. The zero-order valence-corrected chi connectivity index (χ0v) is 18.3. The van der Waals surface area contributed by atoms with Gasteiger partial charge in [0.25, 0.3) is 0 Å². The average molecular weight is 411 g/mol. The molecule has 1 fully saturated rings. The first-order valence-electron chi connectivity index (χ1n) is 10.4. The lowest BCUT2D eigenvalue weighted by Gasteiger charge is -2.27. The van der Waals surface area contributed by atoms with Crippen LogP contribution in [-0.2, 0) is 9.59 Å². The number of carbonyl (C=O) groups excluding carboxylic acids is 2. The highest BCUT2D eigenvalue weighted by Crippen LogP contribution is 2.44. The first-order valence-corrected chi connectivity index (χ1v) is 11.5. The molecule has 154 valence electrons. The normalized spacial score (nSPS) is 16.5. The van der Waals surface area contributed by atoms with Crippen molar-refractivity contribution in [2.75, 3.05) is 16.0 Å². The highest BCUT2D eigenvalue weighted by atomic mass is 32.2. The molecule has 1 heterocycles. The molecule has 1 aliphatic rings. The van der Waals surface area contributed by atoms with E-state index in [0.717, 1.165) is 36.2 Å². The van der Waals surface area contributed by atoms with E-state index in [1.165, 1.54) is 5.56 Å². The van der Waals surface area contributed by atoms with Crippen LogP contribution in [0.1, 0.15) is 68.9 Å². The van der Waals surface area contributed by atoms with Crippen LogP contribution in [0.3, 0.4) is 0 Å². The second kappa shape index (κ2) is 9.97. The zero-order chi connectivity index (χ0) is 20.8. The van der Waals surface area contributed by atoms with Gasteiger partial charge in [-0.25, -0.2) is 0 Å². The van der Waals surface area contributed by atoms with Gasteiger partial charge >= 0.3 is 0 Å². The van der Waals surface area contributed by atoms with E-state index in [1.54, 1.807) is 11.8 Å². The van der Waals surface area contributed by atoms with Crippen LogP contribution in [0.25, 0.3) is 0 Å². The van der Waals surface area contributed by atoms with Crippen molar-refractivity contribution in [2.24, 2.45) is 0 Å². The van der Waals surface area contributed by atoms with Crippen molar-refractivity contribution < 1.29 is 9.59 Å². The Kier molecular flexibility index (Phi) is 7.37. The van der Waals surface area contributed by atoms with E-state index in [9.17, 15) is 9.59 Å². The Morgan fingerprint density at radius 1 is 1.14 bits per heavy atom. The molecule has 29 heavy (non-hydrogen) atoms. The Balaban J connectivity index is 1.76. The number of nitrogens with zero attached hydrogens (tertiary/aromatic N) is 1. The molecule has 1 atom stereocenters. The van der Waals surface area contributed by atoms with Crippen LogP contribution in [0.4, 0.5) is 11.4 Å².